The molecule has 0 bridgehead atoms. The van der Waals surface area contributed by atoms with Crippen LogP contribution in [0.25, 0.3) is 106 Å². The standard InChI is InChI=1S/C56H37N3O/c1-5-15-38(16-6-1)43-21-13-23-45(33-43)47-31-32-53-51(35-47)52-37-48(46-24-14-22-44(34-46)39-17-7-2-8-18-39)36-50(54(52)60-53)40-27-29-42(30-28-40)56-58-57-55(41-19-9-3-10-20-41)59(56)49-25-11-4-12-26-49/h1-37H. The van der Waals surface area contributed by atoms with Gasteiger partial charge in [-0.1, -0.05) is 176 Å². The van der Waals surface area contributed by atoms with Crippen molar-refractivity contribution in [1.29, 1.82) is 0 Å². The van der Waals surface area contributed by atoms with Gasteiger partial charge >= 0.3 is 0 Å². The second-order valence-corrected chi connectivity index (χ2v) is 15.1. The Morgan fingerprint density at radius 2 is 0.717 bits per heavy atom. The number of hydrogen-bond acceptors (Lipinski definition) is 3. The van der Waals surface area contributed by atoms with Crippen LogP contribution < -0.4 is 0 Å². The van der Waals surface area contributed by atoms with Crippen LogP contribution in [-0.2, 0) is 0 Å². The van der Waals surface area contributed by atoms with Crippen molar-refractivity contribution < 1.29 is 4.42 Å². The van der Waals surface area contributed by atoms with Gasteiger partial charge in [-0.3, -0.25) is 4.57 Å². The van der Waals surface area contributed by atoms with E-state index in [1.54, 1.807) is 0 Å². The molecule has 0 radical (unpaired) electrons. The molecule has 0 spiro atoms. The predicted molar refractivity (Wildman–Crippen MR) is 247 cm³/mol. The largest absolute Gasteiger partial charge is 0.455 e. The van der Waals surface area contributed by atoms with Crippen molar-refractivity contribution in [2.24, 2.45) is 0 Å². The summed E-state index contributed by atoms with van der Waals surface area (Å²) in [5.41, 5.74) is 16.1. The minimum absolute atomic E-state index is 0.774. The van der Waals surface area contributed by atoms with E-state index in [9.17, 15) is 0 Å². The molecule has 11 rings (SSSR count). The van der Waals surface area contributed by atoms with Gasteiger partial charge in [-0.2, -0.15) is 0 Å². The average Bonchev–Trinajstić information content (AvgIpc) is 3.95. The summed E-state index contributed by atoms with van der Waals surface area (Å²) in [6.07, 6.45) is 0. The fraction of sp³-hybridized carbons (Fsp3) is 0. The highest BCUT2D eigenvalue weighted by Crippen LogP contribution is 2.42. The molecule has 0 atom stereocenters. The van der Waals surface area contributed by atoms with Crippen molar-refractivity contribution in [3.63, 3.8) is 0 Å². The molecule has 0 N–H and O–H groups in total. The van der Waals surface area contributed by atoms with E-state index in [1.165, 1.54) is 22.3 Å². The van der Waals surface area contributed by atoms with Crippen LogP contribution in [0.2, 0.25) is 0 Å². The normalized spacial score (nSPS) is 11.3. The Hall–Kier alpha value is -8.08. The molecule has 282 valence electrons. The van der Waals surface area contributed by atoms with Gasteiger partial charge in [0.2, 0.25) is 0 Å². The van der Waals surface area contributed by atoms with Crippen molar-refractivity contribution in [3.05, 3.63) is 224 Å². The van der Waals surface area contributed by atoms with Gasteiger partial charge in [0.05, 0.1) is 0 Å². The molecule has 0 saturated heterocycles. The summed E-state index contributed by atoms with van der Waals surface area (Å²) < 4.78 is 8.96. The first-order valence-electron chi connectivity index (χ1n) is 20.2. The molecule has 0 unspecified atom stereocenters. The second-order valence-electron chi connectivity index (χ2n) is 15.1. The lowest BCUT2D eigenvalue weighted by Gasteiger charge is -2.12. The van der Waals surface area contributed by atoms with E-state index < -0.39 is 0 Å². The Balaban J connectivity index is 1.06. The number of fused-ring (bicyclic) bond motifs is 3. The van der Waals surface area contributed by atoms with Crippen LogP contribution in [0.1, 0.15) is 0 Å². The summed E-state index contributed by atoms with van der Waals surface area (Å²) in [6, 6.07) is 79.0. The summed E-state index contributed by atoms with van der Waals surface area (Å²) in [5, 5.41) is 11.6. The lowest BCUT2D eigenvalue weighted by Crippen LogP contribution is -2.00. The minimum atomic E-state index is 0.774. The third kappa shape index (κ3) is 6.47. The van der Waals surface area contributed by atoms with E-state index >= 15 is 0 Å². The highest BCUT2D eigenvalue weighted by atomic mass is 16.3. The van der Waals surface area contributed by atoms with Gasteiger partial charge in [0.15, 0.2) is 11.6 Å². The minimum Gasteiger partial charge on any atom is -0.455 e. The molecule has 11 aromatic rings. The molecular formula is C56H37N3O. The van der Waals surface area contributed by atoms with Crippen LogP contribution in [0.3, 0.4) is 0 Å². The summed E-state index contributed by atoms with van der Waals surface area (Å²) in [4.78, 5) is 0. The van der Waals surface area contributed by atoms with Crippen molar-refractivity contribution in [1.82, 2.24) is 14.8 Å². The van der Waals surface area contributed by atoms with Gasteiger partial charge < -0.3 is 4.42 Å². The number of nitrogens with zero attached hydrogens (tertiary/aromatic N) is 3. The maximum absolute atomic E-state index is 6.82. The molecule has 60 heavy (non-hydrogen) atoms. The van der Waals surface area contributed by atoms with E-state index in [2.05, 4.69) is 193 Å². The van der Waals surface area contributed by atoms with Crippen LogP contribution in [-0.4, -0.2) is 14.8 Å². The van der Waals surface area contributed by atoms with Crippen molar-refractivity contribution in [3.8, 4) is 84.1 Å². The van der Waals surface area contributed by atoms with E-state index in [4.69, 9.17) is 14.6 Å². The highest BCUT2D eigenvalue weighted by molar-refractivity contribution is 6.12. The van der Waals surface area contributed by atoms with Crippen LogP contribution >= 0.6 is 0 Å². The molecule has 0 saturated carbocycles. The van der Waals surface area contributed by atoms with Crippen LogP contribution in [0.4, 0.5) is 0 Å². The zero-order valence-corrected chi connectivity index (χ0v) is 32.6. The number of hydrogen-bond donors (Lipinski definition) is 0. The molecule has 4 nitrogen and oxygen atoms in total. The van der Waals surface area contributed by atoms with Gasteiger partial charge in [-0.15, -0.1) is 10.2 Å². The molecular weight excluding hydrogens is 731 g/mol. The van der Waals surface area contributed by atoms with E-state index in [0.29, 0.717) is 0 Å². The summed E-state index contributed by atoms with van der Waals surface area (Å²) in [6.45, 7) is 0. The fourth-order valence-corrected chi connectivity index (χ4v) is 8.32. The lowest BCUT2D eigenvalue weighted by atomic mass is 9.93. The molecule has 0 fully saturated rings. The van der Waals surface area contributed by atoms with Gasteiger partial charge in [-0.25, -0.2) is 0 Å². The van der Waals surface area contributed by atoms with Crippen LogP contribution in [0.15, 0.2) is 229 Å². The van der Waals surface area contributed by atoms with Crippen molar-refractivity contribution >= 4 is 21.9 Å². The summed E-state index contributed by atoms with van der Waals surface area (Å²) >= 11 is 0. The number of furan rings is 1. The molecule has 0 aliphatic carbocycles. The Kier molecular flexibility index (Phi) is 8.79. The highest BCUT2D eigenvalue weighted by Gasteiger charge is 2.20. The Morgan fingerprint density at radius 1 is 0.300 bits per heavy atom. The molecule has 0 aliphatic heterocycles. The Labute approximate surface area is 348 Å². The predicted octanol–water partition coefficient (Wildman–Crippen LogP) is 14.8. The lowest BCUT2D eigenvalue weighted by molar-refractivity contribution is 0.670. The molecule has 9 aromatic carbocycles. The zero-order chi connectivity index (χ0) is 39.8. The smallest absolute Gasteiger partial charge is 0.168 e. The second kappa shape index (κ2) is 15.0. The van der Waals surface area contributed by atoms with E-state index in [0.717, 1.165) is 83.8 Å². The summed E-state index contributed by atoms with van der Waals surface area (Å²) in [7, 11) is 0. The molecule has 0 aliphatic rings. The third-order valence-corrected chi connectivity index (χ3v) is 11.3. The van der Waals surface area contributed by atoms with E-state index in [-0.39, 0.29) is 0 Å². The van der Waals surface area contributed by atoms with Crippen molar-refractivity contribution in [2.45, 2.75) is 0 Å². The number of para-hydroxylation sites is 1. The first-order chi connectivity index (χ1) is 29.7. The molecule has 4 heteroatoms. The van der Waals surface area contributed by atoms with Gasteiger partial charge in [-0.05, 0) is 98.6 Å². The van der Waals surface area contributed by atoms with Crippen LogP contribution in [0, 0.1) is 0 Å². The first-order valence-corrected chi connectivity index (χ1v) is 20.2. The van der Waals surface area contributed by atoms with Crippen molar-refractivity contribution in [2.75, 3.05) is 0 Å². The molecule has 0 amide bonds. The Bertz CT molecular complexity index is 3280. The van der Waals surface area contributed by atoms with Gasteiger partial charge in [0.1, 0.15) is 11.2 Å². The number of rotatable bonds is 8. The van der Waals surface area contributed by atoms with Gasteiger partial charge in [0, 0.05) is 33.2 Å². The Morgan fingerprint density at radius 3 is 1.30 bits per heavy atom. The molecule has 2 heterocycles. The zero-order valence-electron chi connectivity index (χ0n) is 32.6. The maximum atomic E-state index is 6.82. The van der Waals surface area contributed by atoms with E-state index in [1.807, 2.05) is 36.4 Å². The number of aromatic nitrogens is 3. The first kappa shape index (κ1) is 35.1. The SMILES string of the molecule is c1ccc(-c2cccc(-c3ccc4oc5c(-c6ccc(-c7nnc(-c8ccccc8)n7-c7ccccc7)cc6)cc(-c6cccc(-c7ccccc7)c6)cc5c4c3)c2)cc1. The summed E-state index contributed by atoms with van der Waals surface area (Å²) in [5.74, 6) is 1.57. The monoisotopic (exact) mass is 767 g/mol. The topological polar surface area (TPSA) is 43.9 Å². The number of benzene rings is 9. The quantitative estimate of drug-likeness (QED) is 0.155. The van der Waals surface area contributed by atoms with Gasteiger partial charge in [0.25, 0.3) is 0 Å². The van der Waals surface area contributed by atoms with Crippen LogP contribution in [0.5, 0.6) is 0 Å². The maximum Gasteiger partial charge on any atom is 0.168 e. The average molecular weight is 768 g/mol. The third-order valence-electron chi connectivity index (χ3n) is 11.3. The fourth-order valence-electron chi connectivity index (χ4n) is 8.32. The molecule has 2 aromatic heterocycles.